The van der Waals surface area contributed by atoms with Crippen LogP contribution < -0.4 is 5.84 Å². The molecule has 0 aromatic heterocycles. The number of hydrogen-bond acceptors (Lipinski definition) is 4. The molecule has 4 nitrogen and oxygen atoms in total. The van der Waals surface area contributed by atoms with Gasteiger partial charge < -0.3 is 0 Å². The van der Waals surface area contributed by atoms with E-state index >= 15 is 0 Å². The number of nitrogens with two attached hydrogens (primary N) is 1. The first-order valence-corrected chi connectivity index (χ1v) is 1.05. The molecule has 0 radical (unpaired) electrons. The smallest absolute Gasteiger partial charge is 0.0616 e. The van der Waals surface area contributed by atoms with Gasteiger partial charge in [-0.2, -0.15) is 0 Å². The van der Waals surface area contributed by atoms with Crippen molar-refractivity contribution >= 4 is 0 Å². The molecular formula is CH6N2O2. The fourth-order valence-electron chi connectivity index (χ4n) is 0. The molecule has 0 atom stereocenters. The summed E-state index contributed by atoms with van der Waals surface area (Å²) in [6, 6.07) is 0. The van der Waals surface area contributed by atoms with Gasteiger partial charge in [-0.15, -0.1) is 0 Å². The van der Waals surface area contributed by atoms with Gasteiger partial charge in [-0.25, -0.2) is 5.84 Å². The fraction of sp³-hybridized carbons (Fsp3) is 1.00. The zero-order valence-electron chi connectivity index (χ0n) is 2.88. The van der Waals surface area contributed by atoms with Crippen LogP contribution in [0.15, 0.2) is 0 Å². The SMILES string of the molecule is CON(N)O. The molecule has 0 unspecified atom stereocenters. The van der Waals surface area contributed by atoms with Crippen LogP contribution in [0, 0.1) is 0 Å². The van der Waals surface area contributed by atoms with Crippen LogP contribution in [-0.2, 0) is 4.84 Å². The minimum absolute atomic E-state index is 0.125. The minimum Gasteiger partial charge on any atom is -0.276 e. The second kappa shape index (κ2) is 2.10. The second-order valence-electron chi connectivity index (χ2n) is 0.485. The van der Waals surface area contributed by atoms with Crippen molar-refractivity contribution in [1.29, 1.82) is 0 Å². The van der Waals surface area contributed by atoms with Crippen molar-refractivity contribution in [3.63, 3.8) is 0 Å². The first kappa shape index (κ1) is 4.84. The molecule has 0 heterocycles. The van der Waals surface area contributed by atoms with Crippen LogP contribution >= 0.6 is 0 Å². The summed E-state index contributed by atoms with van der Waals surface area (Å²) in [4.78, 5) is 3.92. The van der Waals surface area contributed by atoms with Gasteiger partial charge in [0.1, 0.15) is 0 Å². The summed E-state index contributed by atoms with van der Waals surface area (Å²) in [5, 5.41) is 7.88. The van der Waals surface area contributed by atoms with Gasteiger partial charge in [0, 0.05) is 5.34 Å². The van der Waals surface area contributed by atoms with Crippen molar-refractivity contribution in [2.24, 2.45) is 5.84 Å². The third-order valence-electron chi connectivity index (χ3n) is 0.187. The quantitative estimate of drug-likeness (QED) is 0.315. The van der Waals surface area contributed by atoms with E-state index in [1.54, 1.807) is 0 Å². The number of nitrogens with zero attached hydrogens (tertiary/aromatic N) is 1. The third-order valence-corrected chi connectivity index (χ3v) is 0.187. The summed E-state index contributed by atoms with van der Waals surface area (Å²) in [6.45, 7) is 0. The number of rotatable bonds is 1. The van der Waals surface area contributed by atoms with Crippen molar-refractivity contribution in [1.82, 2.24) is 5.34 Å². The van der Waals surface area contributed by atoms with Gasteiger partial charge in [-0.3, -0.25) is 10.0 Å². The summed E-state index contributed by atoms with van der Waals surface area (Å²) in [5.41, 5.74) is 0. The Balaban J connectivity index is 2.54. The van der Waals surface area contributed by atoms with Crippen LogP contribution in [0.1, 0.15) is 0 Å². The minimum atomic E-state index is 0.125. The second-order valence-corrected chi connectivity index (χ2v) is 0.485. The van der Waals surface area contributed by atoms with Gasteiger partial charge in [0.2, 0.25) is 0 Å². The first-order valence-electron chi connectivity index (χ1n) is 1.05. The molecule has 0 spiro atoms. The van der Waals surface area contributed by atoms with E-state index in [4.69, 9.17) is 5.21 Å². The molecule has 0 saturated carbocycles. The zero-order valence-corrected chi connectivity index (χ0v) is 2.88. The molecule has 5 heavy (non-hydrogen) atoms. The van der Waals surface area contributed by atoms with Gasteiger partial charge in [-0.1, -0.05) is 0 Å². The van der Waals surface area contributed by atoms with Gasteiger partial charge >= 0.3 is 0 Å². The van der Waals surface area contributed by atoms with Gasteiger partial charge in [-0.05, 0) is 0 Å². The molecule has 4 heteroatoms. The molecule has 0 aromatic rings. The molecule has 0 saturated heterocycles. The normalized spacial score (nSPS) is 9.60. The molecule has 0 fully saturated rings. The van der Waals surface area contributed by atoms with Gasteiger partial charge in [0.15, 0.2) is 0 Å². The van der Waals surface area contributed by atoms with E-state index < -0.39 is 0 Å². The van der Waals surface area contributed by atoms with E-state index in [1.165, 1.54) is 7.11 Å². The average Bonchev–Trinajstić information content (AvgIpc) is 1.38. The summed E-state index contributed by atoms with van der Waals surface area (Å²) >= 11 is 0. The molecule has 3 N–H and O–H groups in total. The molecule has 0 amide bonds. The highest BCUT2D eigenvalue weighted by molar-refractivity contribution is 3.63. The van der Waals surface area contributed by atoms with Crippen molar-refractivity contribution in [3.8, 4) is 0 Å². The summed E-state index contributed by atoms with van der Waals surface area (Å²) in [6.07, 6.45) is 0. The van der Waals surface area contributed by atoms with Gasteiger partial charge in [0.25, 0.3) is 0 Å². The average molecular weight is 78.1 g/mol. The Morgan fingerprint density at radius 3 is 2.20 bits per heavy atom. The number of hydrazine groups is 1. The Bertz CT molecular complexity index is 21.6. The number of hydrogen-bond donors (Lipinski definition) is 2. The molecule has 0 aromatic carbocycles. The van der Waals surface area contributed by atoms with E-state index in [-0.39, 0.29) is 5.34 Å². The Morgan fingerprint density at radius 1 is 2.00 bits per heavy atom. The molecule has 0 rings (SSSR count). The zero-order chi connectivity index (χ0) is 4.28. The lowest BCUT2D eigenvalue weighted by molar-refractivity contribution is -0.329. The maximum atomic E-state index is 7.75. The lowest BCUT2D eigenvalue weighted by Gasteiger charge is -1.97. The largest absolute Gasteiger partial charge is 0.276 e. The van der Waals surface area contributed by atoms with Crippen molar-refractivity contribution < 1.29 is 10.0 Å². The van der Waals surface area contributed by atoms with E-state index in [0.29, 0.717) is 0 Å². The summed E-state index contributed by atoms with van der Waals surface area (Å²) in [7, 11) is 1.25. The van der Waals surface area contributed by atoms with Crippen molar-refractivity contribution in [3.05, 3.63) is 0 Å². The molecule has 0 aliphatic heterocycles. The van der Waals surface area contributed by atoms with Crippen LogP contribution in [0.25, 0.3) is 0 Å². The van der Waals surface area contributed by atoms with Crippen LogP contribution in [0.5, 0.6) is 0 Å². The highest BCUT2D eigenvalue weighted by Gasteiger charge is 1.73. The lowest BCUT2D eigenvalue weighted by Crippen LogP contribution is -2.24. The van der Waals surface area contributed by atoms with Crippen LogP contribution in [-0.4, -0.2) is 17.7 Å². The van der Waals surface area contributed by atoms with Crippen LogP contribution in [0.3, 0.4) is 0 Å². The Morgan fingerprint density at radius 2 is 2.20 bits per heavy atom. The first-order chi connectivity index (χ1) is 2.27. The molecule has 0 aliphatic carbocycles. The summed E-state index contributed by atoms with van der Waals surface area (Å²) < 4.78 is 0. The van der Waals surface area contributed by atoms with E-state index in [0.717, 1.165) is 0 Å². The predicted octanol–water partition coefficient (Wildman–Crippen LogP) is -0.887. The Labute approximate surface area is 29.6 Å². The van der Waals surface area contributed by atoms with E-state index in [2.05, 4.69) is 10.7 Å². The highest BCUT2D eigenvalue weighted by atomic mass is 16.9. The monoisotopic (exact) mass is 78.0 g/mol. The maximum Gasteiger partial charge on any atom is 0.0616 e. The standard InChI is InChI=1S/CH6N2O2/c1-5-3(2)4/h4H,2H2,1H3. The molecular weight excluding hydrogens is 72.0 g/mol. The molecule has 0 bridgehead atoms. The molecule has 32 valence electrons. The van der Waals surface area contributed by atoms with Gasteiger partial charge in [0.05, 0.1) is 7.11 Å². The van der Waals surface area contributed by atoms with Crippen molar-refractivity contribution in [2.45, 2.75) is 0 Å². The topological polar surface area (TPSA) is 58.7 Å². The lowest BCUT2D eigenvalue weighted by atomic mass is 11.7. The van der Waals surface area contributed by atoms with E-state index in [1.807, 2.05) is 0 Å². The highest BCUT2D eigenvalue weighted by Crippen LogP contribution is 1.56. The maximum absolute atomic E-state index is 7.75. The van der Waals surface area contributed by atoms with Crippen molar-refractivity contribution in [2.75, 3.05) is 7.11 Å². The Hall–Kier alpha value is -0.160. The Kier molecular flexibility index (Phi) is 2.03. The van der Waals surface area contributed by atoms with Crippen LogP contribution in [0.2, 0.25) is 0 Å². The van der Waals surface area contributed by atoms with E-state index in [9.17, 15) is 0 Å². The summed E-state index contributed by atoms with van der Waals surface area (Å²) in [5.74, 6) is 4.46. The predicted molar refractivity (Wildman–Crippen MR) is 14.8 cm³/mol. The third kappa shape index (κ3) is 3.84. The fourth-order valence-corrected chi connectivity index (χ4v) is 0. The van der Waals surface area contributed by atoms with Crippen LogP contribution in [0.4, 0.5) is 0 Å². The molecule has 0 aliphatic rings.